The molecule has 0 heterocycles. The van der Waals surface area contributed by atoms with Crippen molar-refractivity contribution in [1.29, 1.82) is 0 Å². The SMILES string of the molecule is O=S(=O)(O)c1ccc(CCO)c(S(=O)(=O)O)c1. The number of rotatable bonds is 4. The van der Waals surface area contributed by atoms with Crippen molar-refractivity contribution >= 4 is 20.2 Å². The summed E-state index contributed by atoms with van der Waals surface area (Å²) in [5.41, 5.74) is 0.0578. The second-order valence-electron chi connectivity index (χ2n) is 3.19. The van der Waals surface area contributed by atoms with Crippen LogP contribution in [0.5, 0.6) is 0 Å². The summed E-state index contributed by atoms with van der Waals surface area (Å²) in [6.07, 6.45) is -0.0686. The maximum atomic E-state index is 11.0. The molecule has 0 aliphatic rings. The number of hydrogen-bond acceptors (Lipinski definition) is 5. The monoisotopic (exact) mass is 282 g/mol. The van der Waals surface area contributed by atoms with Gasteiger partial charge in [0.2, 0.25) is 0 Å². The van der Waals surface area contributed by atoms with Crippen molar-refractivity contribution in [2.75, 3.05) is 6.61 Å². The molecule has 0 spiro atoms. The molecular formula is C8H10O7S2. The minimum atomic E-state index is -4.63. The molecule has 1 rings (SSSR count). The lowest BCUT2D eigenvalue weighted by atomic mass is 10.2. The van der Waals surface area contributed by atoms with Gasteiger partial charge in [0.1, 0.15) is 0 Å². The zero-order chi connectivity index (χ0) is 13.3. The zero-order valence-electron chi connectivity index (χ0n) is 8.44. The molecule has 0 fully saturated rings. The molecule has 1 aromatic carbocycles. The highest BCUT2D eigenvalue weighted by Gasteiger charge is 2.19. The van der Waals surface area contributed by atoms with Crippen molar-refractivity contribution in [2.24, 2.45) is 0 Å². The van der Waals surface area contributed by atoms with Gasteiger partial charge in [-0.05, 0) is 24.1 Å². The summed E-state index contributed by atoms with van der Waals surface area (Å²) in [5, 5.41) is 8.69. The van der Waals surface area contributed by atoms with Crippen LogP contribution in [0.25, 0.3) is 0 Å². The van der Waals surface area contributed by atoms with Gasteiger partial charge >= 0.3 is 0 Å². The third-order valence-electron chi connectivity index (χ3n) is 2.00. The summed E-state index contributed by atoms with van der Waals surface area (Å²) in [4.78, 5) is -1.30. The predicted octanol–water partition coefficient (Wildman–Crippen LogP) is -0.285. The Bertz CT molecular complexity index is 615. The Morgan fingerprint density at radius 3 is 2.00 bits per heavy atom. The van der Waals surface area contributed by atoms with Gasteiger partial charge < -0.3 is 5.11 Å². The lowest BCUT2D eigenvalue weighted by Crippen LogP contribution is -2.07. The third-order valence-corrected chi connectivity index (χ3v) is 3.78. The maximum Gasteiger partial charge on any atom is 0.294 e. The molecule has 0 radical (unpaired) electrons. The third kappa shape index (κ3) is 3.48. The van der Waals surface area contributed by atoms with Crippen LogP contribution < -0.4 is 0 Å². The van der Waals surface area contributed by atoms with Crippen molar-refractivity contribution in [1.82, 2.24) is 0 Å². The van der Waals surface area contributed by atoms with E-state index >= 15 is 0 Å². The molecule has 9 heteroatoms. The van der Waals surface area contributed by atoms with E-state index in [1.807, 2.05) is 0 Å². The van der Waals surface area contributed by atoms with E-state index < -0.39 is 30.0 Å². The van der Waals surface area contributed by atoms with E-state index in [4.69, 9.17) is 14.2 Å². The van der Waals surface area contributed by atoms with Crippen molar-refractivity contribution < 1.29 is 31.0 Å². The Hall–Kier alpha value is -1.00. The average Bonchev–Trinajstić information content (AvgIpc) is 2.15. The van der Waals surface area contributed by atoms with Gasteiger partial charge in [-0.1, -0.05) is 6.07 Å². The molecule has 96 valence electrons. The molecule has 0 aromatic heterocycles. The molecule has 0 bridgehead atoms. The van der Waals surface area contributed by atoms with E-state index in [0.717, 1.165) is 12.1 Å². The molecule has 0 unspecified atom stereocenters. The Balaban J connectivity index is 3.51. The number of benzene rings is 1. The molecule has 0 aliphatic carbocycles. The first-order valence-electron chi connectivity index (χ1n) is 4.35. The van der Waals surface area contributed by atoms with Crippen LogP contribution in [-0.2, 0) is 26.7 Å². The van der Waals surface area contributed by atoms with E-state index in [-0.39, 0.29) is 18.6 Å². The van der Waals surface area contributed by atoms with E-state index in [9.17, 15) is 16.8 Å². The van der Waals surface area contributed by atoms with Crippen LogP contribution in [0.1, 0.15) is 5.56 Å². The van der Waals surface area contributed by atoms with Crippen LogP contribution in [0.3, 0.4) is 0 Å². The van der Waals surface area contributed by atoms with Gasteiger partial charge in [-0.2, -0.15) is 16.8 Å². The molecule has 0 aliphatic heterocycles. The van der Waals surface area contributed by atoms with Crippen LogP contribution in [0.15, 0.2) is 28.0 Å². The first-order valence-corrected chi connectivity index (χ1v) is 7.23. The summed E-state index contributed by atoms with van der Waals surface area (Å²) < 4.78 is 61.3. The molecule has 0 saturated heterocycles. The van der Waals surface area contributed by atoms with Gasteiger partial charge in [-0.3, -0.25) is 9.11 Å². The minimum Gasteiger partial charge on any atom is -0.396 e. The molecular weight excluding hydrogens is 272 g/mol. The predicted molar refractivity (Wildman–Crippen MR) is 56.9 cm³/mol. The van der Waals surface area contributed by atoms with Gasteiger partial charge in [0.15, 0.2) is 0 Å². The minimum absolute atomic E-state index is 0.0578. The van der Waals surface area contributed by atoms with Crippen molar-refractivity contribution in [3.05, 3.63) is 23.8 Å². The lowest BCUT2D eigenvalue weighted by molar-refractivity contribution is 0.298. The maximum absolute atomic E-state index is 11.0. The van der Waals surface area contributed by atoms with Crippen LogP contribution >= 0.6 is 0 Å². The Labute approximate surface area is 98.2 Å². The lowest BCUT2D eigenvalue weighted by Gasteiger charge is -2.07. The van der Waals surface area contributed by atoms with Crippen molar-refractivity contribution in [2.45, 2.75) is 16.2 Å². The average molecular weight is 282 g/mol. The van der Waals surface area contributed by atoms with Gasteiger partial charge in [0.05, 0.1) is 9.79 Å². The standard InChI is InChI=1S/C8H10O7S2/c9-4-3-6-1-2-7(16(10,11)12)5-8(6)17(13,14)15/h1-2,5,9H,3-4H2,(H,10,11,12)(H,13,14,15). The number of aliphatic hydroxyl groups excluding tert-OH is 1. The normalized spacial score (nSPS) is 12.6. The summed E-state index contributed by atoms with van der Waals surface area (Å²) in [5.74, 6) is 0. The Kier molecular flexibility index (Phi) is 3.89. The molecule has 0 atom stereocenters. The molecule has 7 nitrogen and oxygen atoms in total. The van der Waals surface area contributed by atoms with Crippen LogP contribution in [0.2, 0.25) is 0 Å². The first-order chi connectivity index (χ1) is 7.66. The Morgan fingerprint density at radius 2 is 1.59 bits per heavy atom. The second-order valence-corrected chi connectivity index (χ2v) is 6.00. The second kappa shape index (κ2) is 4.70. The fourth-order valence-electron chi connectivity index (χ4n) is 1.26. The van der Waals surface area contributed by atoms with Crippen LogP contribution in [0, 0.1) is 0 Å². The smallest absolute Gasteiger partial charge is 0.294 e. The number of hydrogen-bond donors (Lipinski definition) is 3. The fraction of sp³-hybridized carbons (Fsp3) is 0.250. The molecule has 17 heavy (non-hydrogen) atoms. The van der Waals surface area contributed by atoms with Gasteiger partial charge in [-0.25, -0.2) is 0 Å². The summed E-state index contributed by atoms with van der Waals surface area (Å²) in [6.45, 7) is -0.367. The van der Waals surface area contributed by atoms with E-state index in [2.05, 4.69) is 0 Å². The topological polar surface area (TPSA) is 129 Å². The largest absolute Gasteiger partial charge is 0.396 e. The van der Waals surface area contributed by atoms with E-state index in [0.29, 0.717) is 6.07 Å². The van der Waals surface area contributed by atoms with E-state index in [1.165, 1.54) is 0 Å². The van der Waals surface area contributed by atoms with Gasteiger partial charge in [-0.15, -0.1) is 0 Å². The summed E-state index contributed by atoms with van der Waals surface area (Å²) in [7, 11) is -9.18. The summed E-state index contributed by atoms with van der Waals surface area (Å²) in [6, 6.07) is 2.72. The highest BCUT2D eigenvalue weighted by Crippen LogP contribution is 2.20. The molecule has 0 amide bonds. The van der Waals surface area contributed by atoms with Gasteiger partial charge in [0.25, 0.3) is 20.2 Å². The highest BCUT2D eigenvalue weighted by atomic mass is 32.2. The fourth-order valence-corrected chi connectivity index (χ4v) is 2.62. The first kappa shape index (κ1) is 14.1. The summed E-state index contributed by atoms with van der Waals surface area (Å²) >= 11 is 0. The molecule has 1 aromatic rings. The van der Waals surface area contributed by atoms with Crippen molar-refractivity contribution in [3.63, 3.8) is 0 Å². The van der Waals surface area contributed by atoms with Crippen LogP contribution in [0.4, 0.5) is 0 Å². The number of aliphatic hydroxyl groups is 1. The van der Waals surface area contributed by atoms with Crippen molar-refractivity contribution in [3.8, 4) is 0 Å². The molecule has 3 N–H and O–H groups in total. The van der Waals surface area contributed by atoms with Gasteiger partial charge in [0, 0.05) is 6.61 Å². The zero-order valence-corrected chi connectivity index (χ0v) is 10.1. The highest BCUT2D eigenvalue weighted by molar-refractivity contribution is 7.86. The quantitative estimate of drug-likeness (QED) is 0.647. The van der Waals surface area contributed by atoms with Crippen LogP contribution in [-0.4, -0.2) is 37.7 Å². The molecule has 0 saturated carbocycles. The van der Waals surface area contributed by atoms with E-state index in [1.54, 1.807) is 0 Å². The Morgan fingerprint density at radius 1 is 1.00 bits per heavy atom.